The SMILES string of the molecule is NC(=O)[C@H]1CC[C]Cc2ccccc21. The largest absolute Gasteiger partial charge is 0.369 e. The van der Waals surface area contributed by atoms with Crippen molar-refractivity contribution < 1.29 is 4.79 Å². The van der Waals surface area contributed by atoms with Crippen molar-refractivity contribution in [3.8, 4) is 0 Å². The Balaban J connectivity index is 2.42. The summed E-state index contributed by atoms with van der Waals surface area (Å²) in [4.78, 5) is 11.3. The molecule has 1 aromatic carbocycles. The second kappa shape index (κ2) is 3.82. The fourth-order valence-electron chi connectivity index (χ4n) is 1.96. The van der Waals surface area contributed by atoms with Crippen LogP contribution < -0.4 is 5.73 Å². The minimum atomic E-state index is -0.221. The van der Waals surface area contributed by atoms with Gasteiger partial charge >= 0.3 is 0 Å². The van der Waals surface area contributed by atoms with E-state index in [0.29, 0.717) is 0 Å². The zero-order chi connectivity index (χ0) is 9.97. The van der Waals surface area contributed by atoms with Crippen molar-refractivity contribution in [3.63, 3.8) is 0 Å². The van der Waals surface area contributed by atoms with Crippen molar-refractivity contribution in [1.29, 1.82) is 0 Å². The first kappa shape index (κ1) is 9.25. The van der Waals surface area contributed by atoms with E-state index in [1.54, 1.807) is 0 Å². The van der Waals surface area contributed by atoms with Gasteiger partial charge in [-0.25, -0.2) is 0 Å². The number of amides is 1. The van der Waals surface area contributed by atoms with E-state index in [9.17, 15) is 4.79 Å². The average molecular weight is 187 g/mol. The summed E-state index contributed by atoms with van der Waals surface area (Å²) in [6.07, 6.45) is 5.76. The predicted octanol–water partition coefficient (Wildman–Crippen LogP) is 1.67. The topological polar surface area (TPSA) is 43.1 Å². The lowest BCUT2D eigenvalue weighted by Gasteiger charge is -2.13. The zero-order valence-electron chi connectivity index (χ0n) is 7.99. The molecule has 2 rings (SSSR count). The summed E-state index contributed by atoms with van der Waals surface area (Å²) in [7, 11) is 0. The van der Waals surface area contributed by atoms with Gasteiger partial charge in [0.15, 0.2) is 0 Å². The number of nitrogens with two attached hydrogens (primary N) is 1. The minimum Gasteiger partial charge on any atom is -0.369 e. The summed E-state index contributed by atoms with van der Waals surface area (Å²) >= 11 is 0. The van der Waals surface area contributed by atoms with E-state index in [1.807, 2.05) is 24.3 Å². The first-order valence-electron chi connectivity index (χ1n) is 4.87. The molecule has 0 saturated heterocycles. The average Bonchev–Trinajstić information content (AvgIpc) is 2.39. The van der Waals surface area contributed by atoms with Crippen LogP contribution in [0.2, 0.25) is 0 Å². The van der Waals surface area contributed by atoms with E-state index in [4.69, 9.17) is 5.73 Å². The van der Waals surface area contributed by atoms with E-state index in [0.717, 1.165) is 24.8 Å². The van der Waals surface area contributed by atoms with E-state index in [1.165, 1.54) is 5.56 Å². The Bertz CT molecular complexity index is 346. The molecule has 2 N–H and O–H groups in total. The Kier molecular flexibility index (Phi) is 2.53. The molecule has 72 valence electrons. The van der Waals surface area contributed by atoms with Crippen LogP contribution in [0.4, 0.5) is 0 Å². The lowest BCUT2D eigenvalue weighted by Crippen LogP contribution is -2.21. The molecule has 0 aliphatic heterocycles. The molecule has 0 fully saturated rings. The Morgan fingerprint density at radius 3 is 3.00 bits per heavy atom. The van der Waals surface area contributed by atoms with Gasteiger partial charge in [-0.05, 0) is 36.8 Å². The molecule has 0 aromatic heterocycles. The van der Waals surface area contributed by atoms with Gasteiger partial charge in [0.05, 0.1) is 5.92 Å². The predicted molar refractivity (Wildman–Crippen MR) is 54.6 cm³/mol. The van der Waals surface area contributed by atoms with Crippen LogP contribution in [0.25, 0.3) is 0 Å². The third kappa shape index (κ3) is 1.65. The number of primary amides is 1. The van der Waals surface area contributed by atoms with Gasteiger partial charge in [0, 0.05) is 0 Å². The number of hydrogen-bond acceptors (Lipinski definition) is 1. The zero-order valence-corrected chi connectivity index (χ0v) is 7.99. The molecule has 0 unspecified atom stereocenters. The number of rotatable bonds is 1. The first-order chi connectivity index (χ1) is 6.79. The molecule has 14 heavy (non-hydrogen) atoms. The molecule has 2 nitrogen and oxygen atoms in total. The lowest BCUT2D eigenvalue weighted by molar-refractivity contribution is -0.119. The van der Waals surface area contributed by atoms with Crippen LogP contribution in [0.3, 0.4) is 0 Å². The molecule has 2 heteroatoms. The Hall–Kier alpha value is -1.31. The number of benzene rings is 1. The Morgan fingerprint density at radius 2 is 2.21 bits per heavy atom. The van der Waals surface area contributed by atoms with E-state index in [-0.39, 0.29) is 11.8 Å². The Morgan fingerprint density at radius 1 is 1.43 bits per heavy atom. The summed E-state index contributed by atoms with van der Waals surface area (Å²) in [5.74, 6) is -0.345. The second-order valence-corrected chi connectivity index (χ2v) is 3.62. The van der Waals surface area contributed by atoms with Crippen LogP contribution in [0, 0.1) is 6.42 Å². The second-order valence-electron chi connectivity index (χ2n) is 3.62. The summed E-state index contributed by atoms with van der Waals surface area (Å²) in [5, 5.41) is 0. The maximum Gasteiger partial charge on any atom is 0.224 e. The quantitative estimate of drug-likeness (QED) is 0.668. The highest BCUT2D eigenvalue weighted by atomic mass is 16.1. The van der Waals surface area contributed by atoms with Gasteiger partial charge in [-0.1, -0.05) is 24.3 Å². The highest BCUT2D eigenvalue weighted by Gasteiger charge is 2.22. The van der Waals surface area contributed by atoms with Crippen LogP contribution in [0.15, 0.2) is 24.3 Å². The van der Waals surface area contributed by atoms with Crippen molar-refractivity contribution in [1.82, 2.24) is 0 Å². The molecular weight excluding hydrogens is 174 g/mol. The molecule has 0 saturated carbocycles. The van der Waals surface area contributed by atoms with Gasteiger partial charge in [-0.15, -0.1) is 0 Å². The summed E-state index contributed by atoms with van der Waals surface area (Å²) in [6.45, 7) is 0. The van der Waals surface area contributed by atoms with Crippen molar-refractivity contribution in [2.24, 2.45) is 5.73 Å². The Labute approximate surface area is 84.1 Å². The number of hydrogen-bond donors (Lipinski definition) is 1. The molecule has 1 aliphatic rings. The molecule has 0 heterocycles. The van der Waals surface area contributed by atoms with Gasteiger partial charge in [0.25, 0.3) is 0 Å². The lowest BCUT2D eigenvalue weighted by atomic mass is 9.92. The van der Waals surface area contributed by atoms with Crippen molar-refractivity contribution in [3.05, 3.63) is 41.8 Å². The van der Waals surface area contributed by atoms with Crippen molar-refractivity contribution >= 4 is 5.91 Å². The van der Waals surface area contributed by atoms with Gasteiger partial charge in [-0.2, -0.15) is 0 Å². The third-order valence-electron chi connectivity index (χ3n) is 2.70. The minimum absolute atomic E-state index is 0.124. The van der Waals surface area contributed by atoms with Crippen LogP contribution in [-0.2, 0) is 11.2 Å². The maximum atomic E-state index is 11.3. The fourth-order valence-corrected chi connectivity index (χ4v) is 1.96. The molecule has 1 amide bonds. The van der Waals surface area contributed by atoms with Gasteiger partial charge in [-0.3, -0.25) is 4.79 Å². The summed E-state index contributed by atoms with van der Waals surface area (Å²) in [5.41, 5.74) is 7.66. The third-order valence-corrected chi connectivity index (χ3v) is 2.70. The number of carbonyl (C=O) groups excluding carboxylic acids is 1. The van der Waals surface area contributed by atoms with Gasteiger partial charge < -0.3 is 5.73 Å². The fraction of sp³-hybridized carbons (Fsp3) is 0.333. The van der Waals surface area contributed by atoms with Gasteiger partial charge in [0.2, 0.25) is 5.91 Å². The van der Waals surface area contributed by atoms with Crippen LogP contribution in [0.1, 0.15) is 29.9 Å². The normalized spacial score (nSPS) is 21.0. The van der Waals surface area contributed by atoms with Gasteiger partial charge in [0.1, 0.15) is 0 Å². The van der Waals surface area contributed by atoms with Crippen LogP contribution >= 0.6 is 0 Å². The summed E-state index contributed by atoms with van der Waals surface area (Å²) < 4.78 is 0. The molecule has 1 aromatic rings. The van der Waals surface area contributed by atoms with E-state index >= 15 is 0 Å². The molecule has 0 bridgehead atoms. The molecule has 1 aliphatic carbocycles. The standard InChI is InChI=1S/C12H13NO/c13-12(14)11-8-4-2-6-9-5-1-3-7-10(9)11/h1,3,5,7,11H,4,6,8H2,(H2,13,14)/t11-/m0/s1. The highest BCUT2D eigenvalue weighted by Crippen LogP contribution is 2.29. The summed E-state index contributed by atoms with van der Waals surface area (Å²) in [6, 6.07) is 7.99. The first-order valence-corrected chi connectivity index (χ1v) is 4.87. The van der Waals surface area contributed by atoms with E-state index in [2.05, 4.69) is 6.42 Å². The molecule has 0 spiro atoms. The van der Waals surface area contributed by atoms with E-state index < -0.39 is 0 Å². The smallest absolute Gasteiger partial charge is 0.224 e. The monoisotopic (exact) mass is 187 g/mol. The number of fused-ring (bicyclic) bond motifs is 1. The van der Waals surface area contributed by atoms with Crippen LogP contribution in [0.5, 0.6) is 0 Å². The molecule has 1 atom stereocenters. The molecular formula is C12H13NO. The number of carbonyl (C=O) groups is 1. The maximum absolute atomic E-state index is 11.3. The van der Waals surface area contributed by atoms with Crippen LogP contribution in [-0.4, -0.2) is 5.91 Å². The van der Waals surface area contributed by atoms with Crippen molar-refractivity contribution in [2.45, 2.75) is 25.2 Å². The van der Waals surface area contributed by atoms with Crippen molar-refractivity contribution in [2.75, 3.05) is 0 Å². The molecule has 2 radical (unpaired) electrons. The highest BCUT2D eigenvalue weighted by molar-refractivity contribution is 5.82.